The molecule has 1 saturated carbocycles. The lowest BCUT2D eigenvalue weighted by Gasteiger charge is -2.37. The van der Waals surface area contributed by atoms with Crippen molar-refractivity contribution in [1.29, 1.82) is 0 Å². The van der Waals surface area contributed by atoms with Gasteiger partial charge in [-0.2, -0.15) is 4.57 Å². The second-order valence-corrected chi connectivity index (χ2v) is 23.7. The van der Waals surface area contributed by atoms with Gasteiger partial charge >= 0.3 is 0 Å². The van der Waals surface area contributed by atoms with Crippen LogP contribution in [0.5, 0.6) is 0 Å². The summed E-state index contributed by atoms with van der Waals surface area (Å²) in [7, 11) is 0. The maximum absolute atomic E-state index is 13.2. The average molecular weight is 1150 g/mol. The van der Waals surface area contributed by atoms with Crippen molar-refractivity contribution in [3.8, 4) is 5.69 Å². The van der Waals surface area contributed by atoms with Crippen molar-refractivity contribution < 1.29 is 23.7 Å². The van der Waals surface area contributed by atoms with Gasteiger partial charge in [-0.25, -0.2) is 15.0 Å². The SMILES string of the molecule is Cc1[nH]c2cc(C(=O)N3CCCCC3)ccc2[n+]1-c1ccccc1.Cc1ccc(Cn2c(C)nc3cc(C(=O)N4CCCCC4)ccc32)cc1.Cc1nc2cc(C(=O)N3CCN(C(=O)C4CCCCC4)CC3)ccc2n1Cc1cccc(Cl)c1. The first-order valence-electron chi connectivity index (χ1n) is 30.4. The standard InChI is InChI=1S/C27H31ClN4O2.C22H25N3O.C20H21N3O/c1-19-29-24-17-22(10-11-25(24)32(19)18-20-6-5-9-23(28)16-20)27(34)31-14-12-30(13-15-31)26(33)21-7-3-2-4-8-21;1-16-6-8-18(9-7-16)15-25-17(2)23-20-14-19(10-11-21(20)25)22(26)24-12-4-3-5-13-24;1-15-21-18-14-16(20(24)22-12-6-3-7-13-22)10-11-19(18)23(15)17-8-4-2-5-9-17/h5-6,9-11,16-17,21H,2-4,7-8,12-15,18H2,1H3;6-11,14H,3-5,12-13,15H2,1-2H3;2,4-5,8-11,14H,3,6-7,12-13H2,1H3/p+1. The highest BCUT2D eigenvalue weighted by molar-refractivity contribution is 6.30. The number of rotatable bonds is 9. The molecular formula is C69H78ClN10O4+. The molecule has 0 spiro atoms. The van der Waals surface area contributed by atoms with Gasteiger partial charge in [-0.1, -0.05) is 91.0 Å². The van der Waals surface area contributed by atoms with E-state index >= 15 is 0 Å². The molecule has 0 unspecified atom stereocenters. The Balaban J connectivity index is 0.000000134. The number of benzene rings is 6. The number of piperazine rings is 1. The molecule has 6 heterocycles. The Kier molecular flexibility index (Phi) is 18.0. The third-order valence-electron chi connectivity index (χ3n) is 17.3. The number of carbonyl (C=O) groups is 4. The molecule has 434 valence electrons. The van der Waals surface area contributed by atoms with E-state index in [2.05, 4.69) is 68.9 Å². The summed E-state index contributed by atoms with van der Waals surface area (Å²) in [6.45, 7) is 15.5. The molecule has 1 N–H and O–H groups in total. The number of aryl methyl sites for hydroxylation is 4. The maximum Gasteiger partial charge on any atom is 0.257 e. The number of aromatic nitrogens is 6. The summed E-state index contributed by atoms with van der Waals surface area (Å²) in [5, 5.41) is 0.716. The second kappa shape index (κ2) is 26.2. The van der Waals surface area contributed by atoms with Crippen LogP contribution in [0.4, 0.5) is 0 Å². The van der Waals surface area contributed by atoms with E-state index in [4.69, 9.17) is 21.6 Å². The molecule has 13 rings (SSSR count). The number of hydrogen-bond donors (Lipinski definition) is 1. The molecule has 3 saturated heterocycles. The van der Waals surface area contributed by atoms with E-state index in [0.717, 1.165) is 157 Å². The molecule has 4 amide bonds. The highest BCUT2D eigenvalue weighted by Gasteiger charge is 2.31. The monoisotopic (exact) mass is 1150 g/mol. The van der Waals surface area contributed by atoms with Gasteiger partial charge in [0.2, 0.25) is 5.91 Å². The van der Waals surface area contributed by atoms with Crippen LogP contribution in [-0.2, 0) is 17.9 Å². The lowest BCUT2D eigenvalue weighted by molar-refractivity contribution is -0.574. The minimum atomic E-state index is 0.00806. The first kappa shape index (κ1) is 57.7. The van der Waals surface area contributed by atoms with E-state index in [1.165, 1.54) is 30.4 Å². The summed E-state index contributed by atoms with van der Waals surface area (Å²) in [5.41, 5.74) is 12.8. The summed E-state index contributed by atoms with van der Waals surface area (Å²) in [6.07, 6.45) is 12.5. The van der Waals surface area contributed by atoms with Gasteiger partial charge in [0.15, 0.2) is 11.0 Å². The first-order valence-corrected chi connectivity index (χ1v) is 30.7. The topological polar surface area (TPSA) is 137 Å². The molecule has 4 aliphatic rings. The molecular weight excluding hydrogens is 1070 g/mol. The quantitative estimate of drug-likeness (QED) is 0.143. The fraction of sp³-hybridized carbons (Fsp3) is 0.377. The third-order valence-corrected chi connectivity index (χ3v) is 17.6. The van der Waals surface area contributed by atoms with E-state index < -0.39 is 0 Å². The number of amides is 4. The van der Waals surface area contributed by atoms with Crippen molar-refractivity contribution in [1.82, 2.24) is 43.7 Å². The van der Waals surface area contributed by atoms with Crippen molar-refractivity contribution in [2.45, 2.75) is 111 Å². The van der Waals surface area contributed by atoms with Crippen molar-refractivity contribution in [2.75, 3.05) is 52.4 Å². The van der Waals surface area contributed by atoms with Crippen LogP contribution < -0.4 is 4.57 Å². The molecule has 3 aromatic heterocycles. The molecule has 3 aliphatic heterocycles. The van der Waals surface area contributed by atoms with Crippen LogP contribution in [0.2, 0.25) is 5.02 Å². The van der Waals surface area contributed by atoms with Gasteiger partial charge in [-0.05, 0) is 156 Å². The fourth-order valence-electron chi connectivity index (χ4n) is 12.6. The van der Waals surface area contributed by atoms with E-state index in [1.807, 2.05) is 131 Å². The minimum absolute atomic E-state index is 0.00806. The number of imidazole rings is 3. The Labute approximate surface area is 498 Å². The zero-order chi connectivity index (χ0) is 58.3. The van der Waals surface area contributed by atoms with E-state index in [9.17, 15) is 19.2 Å². The van der Waals surface area contributed by atoms with Gasteiger partial charge in [0, 0.05) is 106 Å². The van der Waals surface area contributed by atoms with Crippen LogP contribution in [0.1, 0.15) is 136 Å². The molecule has 6 aromatic carbocycles. The number of nitrogens with zero attached hydrogens (tertiary/aromatic N) is 9. The van der Waals surface area contributed by atoms with E-state index in [0.29, 0.717) is 43.3 Å². The summed E-state index contributed by atoms with van der Waals surface area (Å²) < 4.78 is 6.55. The predicted molar refractivity (Wildman–Crippen MR) is 333 cm³/mol. The van der Waals surface area contributed by atoms with Gasteiger partial charge in [-0.15, -0.1) is 0 Å². The van der Waals surface area contributed by atoms with Crippen molar-refractivity contribution in [2.24, 2.45) is 5.92 Å². The molecule has 0 bridgehead atoms. The Hall–Kier alpha value is -8.10. The van der Waals surface area contributed by atoms with Gasteiger partial charge in [-0.3, -0.25) is 19.2 Å². The Morgan fingerprint density at radius 3 is 1.56 bits per heavy atom. The summed E-state index contributed by atoms with van der Waals surface area (Å²) in [6, 6.07) is 44.4. The Bertz CT molecular complexity index is 3800. The number of nitrogens with one attached hydrogen (secondary N) is 1. The smallest absolute Gasteiger partial charge is 0.257 e. The average Bonchev–Trinajstić information content (AvgIpc) is 4.37. The summed E-state index contributed by atoms with van der Waals surface area (Å²) in [5.74, 6) is 3.69. The maximum atomic E-state index is 13.2. The largest absolute Gasteiger partial charge is 0.339 e. The fourth-order valence-corrected chi connectivity index (χ4v) is 12.9. The number of likely N-dealkylation sites (tertiary alicyclic amines) is 2. The molecule has 0 atom stereocenters. The minimum Gasteiger partial charge on any atom is -0.339 e. The Morgan fingerprint density at radius 2 is 1.00 bits per heavy atom. The zero-order valence-electron chi connectivity index (χ0n) is 49.2. The molecule has 84 heavy (non-hydrogen) atoms. The number of hydrogen-bond acceptors (Lipinski definition) is 6. The lowest BCUT2D eigenvalue weighted by atomic mass is 9.88. The lowest BCUT2D eigenvalue weighted by Crippen LogP contribution is -2.52. The van der Waals surface area contributed by atoms with Gasteiger partial charge in [0.1, 0.15) is 17.3 Å². The van der Waals surface area contributed by atoms with Crippen LogP contribution in [0.3, 0.4) is 0 Å². The van der Waals surface area contributed by atoms with Crippen LogP contribution in [0, 0.1) is 33.6 Å². The van der Waals surface area contributed by atoms with Gasteiger partial charge < -0.3 is 28.7 Å². The van der Waals surface area contributed by atoms with E-state index in [1.54, 1.807) is 0 Å². The highest BCUT2D eigenvalue weighted by Crippen LogP contribution is 2.28. The van der Waals surface area contributed by atoms with Crippen LogP contribution >= 0.6 is 11.6 Å². The van der Waals surface area contributed by atoms with Gasteiger partial charge in [0.05, 0.1) is 22.1 Å². The van der Waals surface area contributed by atoms with Crippen LogP contribution in [-0.4, -0.2) is 120 Å². The number of aromatic amines is 1. The molecule has 1 aliphatic carbocycles. The van der Waals surface area contributed by atoms with Crippen molar-refractivity contribution in [3.05, 3.63) is 189 Å². The van der Waals surface area contributed by atoms with Gasteiger partial charge in [0.25, 0.3) is 23.5 Å². The van der Waals surface area contributed by atoms with Crippen LogP contribution in [0.25, 0.3) is 38.8 Å². The number of fused-ring (bicyclic) bond motifs is 3. The zero-order valence-corrected chi connectivity index (χ0v) is 49.9. The normalized spacial score (nSPS) is 15.9. The van der Waals surface area contributed by atoms with Crippen LogP contribution in [0.15, 0.2) is 133 Å². The summed E-state index contributed by atoms with van der Waals surface area (Å²) in [4.78, 5) is 72.1. The molecule has 14 nitrogen and oxygen atoms in total. The molecule has 0 radical (unpaired) electrons. The van der Waals surface area contributed by atoms with E-state index in [-0.39, 0.29) is 29.5 Å². The third kappa shape index (κ3) is 13.1. The number of para-hydroxylation sites is 1. The molecule has 15 heteroatoms. The number of carbonyl (C=O) groups excluding carboxylic acids is 4. The first-order chi connectivity index (χ1) is 40.8. The number of piperidine rings is 2. The molecule has 4 fully saturated rings. The van der Waals surface area contributed by atoms with Crippen molar-refractivity contribution >= 4 is 68.3 Å². The molecule has 9 aromatic rings. The second-order valence-electron chi connectivity index (χ2n) is 23.3. The van der Waals surface area contributed by atoms with Crippen molar-refractivity contribution in [3.63, 3.8) is 0 Å². The highest BCUT2D eigenvalue weighted by atomic mass is 35.5. The number of H-pyrrole nitrogens is 1. The predicted octanol–water partition coefficient (Wildman–Crippen LogP) is 12.6. The number of halogens is 1. The Morgan fingerprint density at radius 1 is 0.500 bits per heavy atom. The summed E-state index contributed by atoms with van der Waals surface area (Å²) >= 11 is 6.15.